The van der Waals surface area contributed by atoms with Gasteiger partial charge < -0.3 is 20.0 Å². The molecule has 2 aromatic heterocycles. The summed E-state index contributed by atoms with van der Waals surface area (Å²) in [6.07, 6.45) is 6.83. The average molecular weight is 483 g/mol. The van der Waals surface area contributed by atoms with Gasteiger partial charge >= 0.3 is 0 Å². The summed E-state index contributed by atoms with van der Waals surface area (Å²) < 4.78 is 2.05. The summed E-state index contributed by atoms with van der Waals surface area (Å²) in [6, 6.07) is 19.4. The van der Waals surface area contributed by atoms with Gasteiger partial charge in [-0.25, -0.2) is 4.98 Å². The summed E-state index contributed by atoms with van der Waals surface area (Å²) in [6.45, 7) is 4.15. The molecule has 4 aromatic rings. The minimum atomic E-state index is 0.502. The van der Waals surface area contributed by atoms with E-state index in [9.17, 15) is 0 Å². The summed E-state index contributed by atoms with van der Waals surface area (Å²) in [7, 11) is 4.28. The molecule has 2 saturated heterocycles. The van der Waals surface area contributed by atoms with Gasteiger partial charge in [0.25, 0.3) is 0 Å². The van der Waals surface area contributed by atoms with Crippen molar-refractivity contribution in [2.24, 2.45) is 0 Å². The highest BCUT2D eigenvalue weighted by Crippen LogP contribution is 2.30. The van der Waals surface area contributed by atoms with Crippen LogP contribution in [-0.4, -0.2) is 70.7 Å². The molecule has 0 radical (unpaired) electrons. The minimum absolute atomic E-state index is 0.502. The fraction of sp³-hybridized carbons (Fsp3) is 0.393. The highest BCUT2D eigenvalue weighted by atomic mass is 15.3. The smallest absolute Gasteiger partial charge is 0.229 e. The Kier molecular flexibility index (Phi) is 6.19. The molecule has 36 heavy (non-hydrogen) atoms. The van der Waals surface area contributed by atoms with E-state index in [0.717, 1.165) is 66.9 Å². The Morgan fingerprint density at radius 1 is 0.833 bits per heavy atom. The van der Waals surface area contributed by atoms with Gasteiger partial charge in [-0.3, -0.25) is 4.57 Å². The van der Waals surface area contributed by atoms with E-state index in [-0.39, 0.29) is 0 Å². The number of hydrogen-bond acceptors (Lipinski definition) is 7. The van der Waals surface area contributed by atoms with Crippen molar-refractivity contribution >= 4 is 34.3 Å². The predicted molar refractivity (Wildman–Crippen MR) is 147 cm³/mol. The van der Waals surface area contributed by atoms with E-state index in [4.69, 9.17) is 15.0 Å². The van der Waals surface area contributed by atoms with Crippen LogP contribution in [-0.2, 0) is 0 Å². The number of nitrogens with zero attached hydrogens (tertiary/aromatic N) is 7. The Morgan fingerprint density at radius 2 is 1.61 bits per heavy atom. The number of aromatic nitrogens is 4. The topological polar surface area (TPSA) is 65.3 Å². The summed E-state index contributed by atoms with van der Waals surface area (Å²) in [4.78, 5) is 21.8. The number of nitrogens with one attached hydrogen (secondary N) is 1. The summed E-state index contributed by atoms with van der Waals surface area (Å²) in [5.41, 5.74) is 4.91. The molecule has 2 aromatic carbocycles. The highest BCUT2D eigenvalue weighted by Gasteiger charge is 2.27. The van der Waals surface area contributed by atoms with Crippen LogP contribution in [0.15, 0.2) is 60.9 Å². The second-order valence-electron chi connectivity index (χ2n) is 10.1. The van der Waals surface area contributed by atoms with Crippen LogP contribution in [0.4, 0.5) is 23.1 Å². The van der Waals surface area contributed by atoms with Gasteiger partial charge in [0.05, 0.1) is 0 Å². The molecular weight excluding hydrogens is 448 g/mol. The van der Waals surface area contributed by atoms with Crippen LogP contribution in [0.25, 0.3) is 16.9 Å². The van der Waals surface area contributed by atoms with Crippen LogP contribution in [0, 0.1) is 0 Å². The number of benzene rings is 2. The van der Waals surface area contributed by atoms with Crippen molar-refractivity contribution in [3.8, 4) is 5.69 Å². The first-order valence-corrected chi connectivity index (χ1v) is 13.0. The number of fused-ring (bicyclic) bond motifs is 1. The van der Waals surface area contributed by atoms with E-state index in [1.807, 2.05) is 29.1 Å². The quantitative estimate of drug-likeness (QED) is 0.428. The van der Waals surface area contributed by atoms with Crippen LogP contribution in [0.3, 0.4) is 0 Å². The van der Waals surface area contributed by atoms with Crippen molar-refractivity contribution in [2.75, 3.05) is 55.4 Å². The van der Waals surface area contributed by atoms with Crippen LogP contribution < -0.4 is 15.1 Å². The number of piperidine rings is 1. The van der Waals surface area contributed by atoms with Crippen LogP contribution in [0.1, 0.15) is 25.7 Å². The molecule has 186 valence electrons. The van der Waals surface area contributed by atoms with Gasteiger partial charge in [-0.2, -0.15) is 9.97 Å². The zero-order valence-corrected chi connectivity index (χ0v) is 21.1. The minimum Gasteiger partial charge on any atom is -0.372 e. The molecule has 1 unspecified atom stereocenters. The molecule has 0 bridgehead atoms. The van der Waals surface area contributed by atoms with Crippen LogP contribution >= 0.6 is 0 Å². The van der Waals surface area contributed by atoms with E-state index in [0.29, 0.717) is 6.04 Å². The number of likely N-dealkylation sites (N-methyl/N-ethyl adjacent to an activating group) is 1. The molecule has 1 N–H and O–H groups in total. The first-order chi connectivity index (χ1) is 17.7. The van der Waals surface area contributed by atoms with E-state index >= 15 is 0 Å². The molecular formula is C28H34N8. The number of anilines is 4. The second kappa shape index (κ2) is 9.78. The maximum absolute atomic E-state index is 5.01. The number of hydrogen-bond donors (Lipinski definition) is 1. The average Bonchev–Trinajstić information content (AvgIpc) is 3.58. The van der Waals surface area contributed by atoms with Crippen molar-refractivity contribution < 1.29 is 0 Å². The van der Waals surface area contributed by atoms with Gasteiger partial charge in [0.2, 0.25) is 5.95 Å². The fourth-order valence-electron chi connectivity index (χ4n) is 5.28. The fourth-order valence-corrected chi connectivity index (χ4v) is 5.28. The van der Waals surface area contributed by atoms with E-state index in [1.165, 1.54) is 24.9 Å². The van der Waals surface area contributed by atoms with Gasteiger partial charge in [-0.05, 0) is 76.2 Å². The van der Waals surface area contributed by atoms with Gasteiger partial charge in [0.1, 0.15) is 6.33 Å². The molecule has 4 heterocycles. The zero-order valence-electron chi connectivity index (χ0n) is 21.1. The Hall–Kier alpha value is -3.65. The van der Waals surface area contributed by atoms with Crippen molar-refractivity contribution in [3.05, 3.63) is 60.9 Å². The lowest BCUT2D eigenvalue weighted by molar-refractivity contribution is 0.315. The Morgan fingerprint density at radius 3 is 2.33 bits per heavy atom. The van der Waals surface area contributed by atoms with Crippen LogP contribution in [0.5, 0.6) is 0 Å². The molecule has 0 amide bonds. The van der Waals surface area contributed by atoms with E-state index in [1.54, 1.807) is 0 Å². The third-order valence-corrected chi connectivity index (χ3v) is 7.45. The SMILES string of the molecule is CN(C)C1CCN(c2nc(Nc3ccc(N4CCCCC4)cc3)c3ncn(-c4ccccc4)c3n2)C1. The summed E-state index contributed by atoms with van der Waals surface area (Å²) in [5, 5.41) is 3.56. The Bertz CT molecular complexity index is 1310. The predicted octanol–water partition coefficient (Wildman–Crippen LogP) is 4.69. The van der Waals surface area contributed by atoms with E-state index in [2.05, 4.69) is 70.5 Å². The monoisotopic (exact) mass is 482 g/mol. The number of imidazole rings is 1. The maximum atomic E-state index is 5.01. The second-order valence-corrected chi connectivity index (χ2v) is 10.1. The van der Waals surface area contributed by atoms with E-state index < -0.39 is 0 Å². The number of para-hydroxylation sites is 1. The lowest BCUT2D eigenvalue weighted by Gasteiger charge is -2.28. The Labute approximate surface area is 212 Å². The lowest BCUT2D eigenvalue weighted by Crippen LogP contribution is -2.32. The first-order valence-electron chi connectivity index (χ1n) is 13.0. The molecule has 8 heteroatoms. The van der Waals surface area contributed by atoms with Crippen molar-refractivity contribution in [2.45, 2.75) is 31.7 Å². The molecule has 1 atom stereocenters. The third-order valence-electron chi connectivity index (χ3n) is 7.45. The molecule has 8 nitrogen and oxygen atoms in total. The number of rotatable bonds is 6. The zero-order chi connectivity index (χ0) is 24.5. The van der Waals surface area contributed by atoms with Crippen molar-refractivity contribution in [1.82, 2.24) is 24.4 Å². The maximum Gasteiger partial charge on any atom is 0.229 e. The molecule has 0 spiro atoms. The van der Waals surface area contributed by atoms with Gasteiger partial charge in [-0.15, -0.1) is 0 Å². The first kappa shape index (κ1) is 22.8. The molecule has 2 fully saturated rings. The van der Waals surface area contributed by atoms with Gasteiger partial charge in [0, 0.05) is 49.3 Å². The summed E-state index contributed by atoms with van der Waals surface area (Å²) >= 11 is 0. The molecule has 0 saturated carbocycles. The van der Waals surface area contributed by atoms with Crippen molar-refractivity contribution in [1.29, 1.82) is 0 Å². The normalized spacial score (nSPS) is 18.4. The molecule has 0 aliphatic carbocycles. The van der Waals surface area contributed by atoms with Crippen LogP contribution in [0.2, 0.25) is 0 Å². The standard InChI is InChI=1S/C28H34N8/c1-33(2)24-15-18-35(19-24)28-31-26(25-27(32-28)36(20-29-25)23-9-5-3-6-10-23)30-21-11-13-22(14-12-21)34-16-7-4-8-17-34/h3,5-6,9-14,20,24H,4,7-8,15-19H2,1-2H3,(H,30,31,32). The Balaban J connectivity index is 1.35. The molecule has 2 aliphatic heterocycles. The van der Waals surface area contributed by atoms with Gasteiger partial charge in [-0.1, -0.05) is 18.2 Å². The molecule has 6 rings (SSSR count). The molecule has 2 aliphatic rings. The van der Waals surface area contributed by atoms with Gasteiger partial charge in [0.15, 0.2) is 17.0 Å². The third kappa shape index (κ3) is 4.48. The summed E-state index contributed by atoms with van der Waals surface area (Å²) in [5.74, 6) is 1.49. The largest absolute Gasteiger partial charge is 0.372 e. The van der Waals surface area contributed by atoms with Crippen molar-refractivity contribution in [3.63, 3.8) is 0 Å². The highest BCUT2D eigenvalue weighted by molar-refractivity contribution is 5.87. The lowest BCUT2D eigenvalue weighted by atomic mass is 10.1.